The van der Waals surface area contributed by atoms with Crippen molar-refractivity contribution in [2.45, 2.75) is 38.8 Å². The molecule has 1 rings (SSSR count). The van der Waals surface area contributed by atoms with Crippen LogP contribution in [-0.4, -0.2) is 11.6 Å². The lowest BCUT2D eigenvalue weighted by atomic mass is 10.1. The summed E-state index contributed by atoms with van der Waals surface area (Å²) in [5, 5.41) is 3.89. The summed E-state index contributed by atoms with van der Waals surface area (Å²) >= 11 is 4.95. The normalized spacial score (nSPS) is 13.6. The Morgan fingerprint density at radius 2 is 2.19 bits per heavy atom. The monoisotopic (exact) mass is 305 g/mol. The minimum absolute atomic E-state index is 0.201. The molecule has 0 aromatic carbocycles. The maximum absolute atomic E-state index is 11.6. The molecule has 3 nitrogen and oxygen atoms in total. The molecule has 0 saturated heterocycles. The van der Waals surface area contributed by atoms with Crippen LogP contribution in [0.5, 0.6) is 0 Å². The number of halogens is 1. The first kappa shape index (κ1) is 13.7. The van der Waals surface area contributed by atoms with Gasteiger partial charge in [0.2, 0.25) is 0 Å². The van der Waals surface area contributed by atoms with Crippen molar-refractivity contribution in [2.24, 2.45) is 5.73 Å². The SMILES string of the molecule is CC(C)(C)OC(=O)CC(N)c1cscc1Br. The number of carbonyl (C=O) groups excluding carboxylic acids is 1. The Kier molecular flexibility index (Phi) is 4.52. The highest BCUT2D eigenvalue weighted by atomic mass is 79.9. The van der Waals surface area contributed by atoms with Gasteiger partial charge in [-0.2, -0.15) is 11.3 Å². The van der Waals surface area contributed by atoms with Crippen LogP contribution in [0, 0.1) is 0 Å². The summed E-state index contributed by atoms with van der Waals surface area (Å²) in [4.78, 5) is 11.6. The number of nitrogens with two attached hydrogens (primary N) is 1. The van der Waals surface area contributed by atoms with Crippen molar-refractivity contribution < 1.29 is 9.53 Å². The van der Waals surface area contributed by atoms with E-state index in [1.54, 1.807) is 11.3 Å². The number of hydrogen-bond acceptors (Lipinski definition) is 4. The average Bonchev–Trinajstić information content (AvgIpc) is 2.47. The number of thiophene rings is 1. The highest BCUT2D eigenvalue weighted by Gasteiger charge is 2.20. The second kappa shape index (κ2) is 5.29. The van der Waals surface area contributed by atoms with Gasteiger partial charge < -0.3 is 10.5 Å². The zero-order chi connectivity index (χ0) is 12.3. The van der Waals surface area contributed by atoms with Gasteiger partial charge >= 0.3 is 5.97 Å². The molecule has 0 aliphatic rings. The fourth-order valence-electron chi connectivity index (χ4n) is 1.23. The molecule has 0 saturated carbocycles. The van der Waals surface area contributed by atoms with E-state index in [1.807, 2.05) is 31.5 Å². The molecule has 90 valence electrons. The van der Waals surface area contributed by atoms with Gasteiger partial charge in [0.1, 0.15) is 5.60 Å². The van der Waals surface area contributed by atoms with Gasteiger partial charge in [-0.25, -0.2) is 0 Å². The second-order valence-corrected chi connectivity index (χ2v) is 6.17. The summed E-state index contributed by atoms with van der Waals surface area (Å²) in [7, 11) is 0. The quantitative estimate of drug-likeness (QED) is 0.872. The fraction of sp³-hybridized carbons (Fsp3) is 0.545. The molecule has 0 aliphatic heterocycles. The zero-order valence-electron chi connectivity index (χ0n) is 9.62. The maximum Gasteiger partial charge on any atom is 0.308 e. The Labute approximate surface area is 108 Å². The third kappa shape index (κ3) is 4.23. The second-order valence-electron chi connectivity index (χ2n) is 4.57. The summed E-state index contributed by atoms with van der Waals surface area (Å²) in [6.45, 7) is 5.53. The molecular weight excluding hydrogens is 290 g/mol. The van der Waals surface area contributed by atoms with E-state index in [4.69, 9.17) is 10.5 Å². The van der Waals surface area contributed by atoms with E-state index in [0.717, 1.165) is 10.0 Å². The number of rotatable bonds is 3. The maximum atomic E-state index is 11.6. The number of esters is 1. The molecular formula is C11H16BrNO2S. The van der Waals surface area contributed by atoms with Crippen molar-refractivity contribution in [1.82, 2.24) is 0 Å². The predicted octanol–water partition coefficient (Wildman–Crippen LogP) is 3.24. The molecule has 0 spiro atoms. The van der Waals surface area contributed by atoms with E-state index in [9.17, 15) is 4.79 Å². The van der Waals surface area contributed by atoms with Crippen LogP contribution >= 0.6 is 27.3 Å². The molecule has 5 heteroatoms. The van der Waals surface area contributed by atoms with Crippen LogP contribution in [0.15, 0.2) is 15.2 Å². The van der Waals surface area contributed by atoms with Crippen LogP contribution in [0.2, 0.25) is 0 Å². The van der Waals surface area contributed by atoms with Crippen LogP contribution < -0.4 is 5.73 Å². The third-order valence-corrected chi connectivity index (χ3v) is 3.60. The van der Waals surface area contributed by atoms with Crippen molar-refractivity contribution in [3.8, 4) is 0 Å². The van der Waals surface area contributed by atoms with Gasteiger partial charge in [-0.05, 0) is 47.6 Å². The van der Waals surface area contributed by atoms with Gasteiger partial charge in [-0.1, -0.05) is 0 Å². The van der Waals surface area contributed by atoms with Crippen molar-refractivity contribution >= 4 is 33.2 Å². The van der Waals surface area contributed by atoms with E-state index in [1.165, 1.54) is 0 Å². The molecule has 0 radical (unpaired) electrons. The van der Waals surface area contributed by atoms with E-state index < -0.39 is 5.60 Å². The fourth-order valence-corrected chi connectivity index (χ4v) is 2.88. The van der Waals surface area contributed by atoms with Crippen molar-refractivity contribution in [3.63, 3.8) is 0 Å². The molecule has 1 atom stereocenters. The topological polar surface area (TPSA) is 52.3 Å². The molecule has 0 fully saturated rings. The van der Waals surface area contributed by atoms with Gasteiger partial charge in [0.25, 0.3) is 0 Å². The van der Waals surface area contributed by atoms with E-state index >= 15 is 0 Å². The number of hydrogen-bond donors (Lipinski definition) is 1. The lowest BCUT2D eigenvalue weighted by Crippen LogP contribution is -2.26. The Hall–Kier alpha value is -0.390. The molecule has 16 heavy (non-hydrogen) atoms. The Balaban J connectivity index is 2.56. The van der Waals surface area contributed by atoms with Gasteiger partial charge in [-0.3, -0.25) is 4.79 Å². The first-order chi connectivity index (χ1) is 7.29. The first-order valence-electron chi connectivity index (χ1n) is 4.98. The molecule has 1 aromatic heterocycles. The Morgan fingerprint density at radius 3 is 2.62 bits per heavy atom. The van der Waals surface area contributed by atoms with Gasteiger partial charge in [0.15, 0.2) is 0 Å². The average molecular weight is 306 g/mol. The van der Waals surface area contributed by atoms with Crippen molar-refractivity contribution in [2.75, 3.05) is 0 Å². The largest absolute Gasteiger partial charge is 0.460 e. The number of carbonyl (C=O) groups is 1. The van der Waals surface area contributed by atoms with Gasteiger partial charge in [0, 0.05) is 15.9 Å². The summed E-state index contributed by atoms with van der Waals surface area (Å²) < 4.78 is 6.17. The number of ether oxygens (including phenoxy) is 1. The van der Waals surface area contributed by atoms with Crippen LogP contribution in [0.4, 0.5) is 0 Å². The lowest BCUT2D eigenvalue weighted by molar-refractivity contribution is -0.155. The highest BCUT2D eigenvalue weighted by molar-refractivity contribution is 9.10. The summed E-state index contributed by atoms with van der Waals surface area (Å²) in [5.74, 6) is -0.266. The minimum Gasteiger partial charge on any atom is -0.460 e. The van der Waals surface area contributed by atoms with E-state index in [0.29, 0.717) is 0 Å². The zero-order valence-corrected chi connectivity index (χ0v) is 12.0. The smallest absolute Gasteiger partial charge is 0.308 e. The van der Waals surface area contributed by atoms with Crippen molar-refractivity contribution in [1.29, 1.82) is 0 Å². The minimum atomic E-state index is -0.456. The summed E-state index contributed by atoms with van der Waals surface area (Å²) in [6.07, 6.45) is 0.201. The molecule has 1 unspecified atom stereocenters. The molecule has 0 aliphatic carbocycles. The van der Waals surface area contributed by atoms with Gasteiger partial charge in [0.05, 0.1) is 6.42 Å². The van der Waals surface area contributed by atoms with Crippen LogP contribution in [0.25, 0.3) is 0 Å². The van der Waals surface area contributed by atoms with Gasteiger partial charge in [-0.15, -0.1) is 0 Å². The third-order valence-electron chi connectivity index (χ3n) is 1.85. The predicted molar refractivity (Wildman–Crippen MR) is 69.4 cm³/mol. The first-order valence-corrected chi connectivity index (χ1v) is 6.72. The van der Waals surface area contributed by atoms with Crippen LogP contribution in [-0.2, 0) is 9.53 Å². The van der Waals surface area contributed by atoms with E-state index in [2.05, 4.69) is 15.9 Å². The lowest BCUT2D eigenvalue weighted by Gasteiger charge is -2.20. The van der Waals surface area contributed by atoms with Crippen LogP contribution in [0.3, 0.4) is 0 Å². The van der Waals surface area contributed by atoms with Crippen molar-refractivity contribution in [3.05, 3.63) is 20.8 Å². The molecule has 1 aromatic rings. The Bertz CT molecular complexity index is 370. The standard InChI is InChI=1S/C11H16BrNO2S/c1-11(2,3)15-10(14)4-9(13)7-5-16-6-8(7)12/h5-6,9H,4,13H2,1-3H3. The molecule has 0 amide bonds. The molecule has 0 bridgehead atoms. The summed E-state index contributed by atoms with van der Waals surface area (Å²) in [6, 6.07) is -0.310. The summed E-state index contributed by atoms with van der Waals surface area (Å²) in [5.41, 5.74) is 6.43. The Morgan fingerprint density at radius 1 is 1.56 bits per heavy atom. The highest BCUT2D eigenvalue weighted by Crippen LogP contribution is 2.28. The molecule has 1 heterocycles. The van der Waals surface area contributed by atoms with Crippen LogP contribution in [0.1, 0.15) is 38.8 Å². The van der Waals surface area contributed by atoms with E-state index in [-0.39, 0.29) is 18.4 Å². The molecule has 2 N–H and O–H groups in total.